The van der Waals surface area contributed by atoms with Crippen molar-refractivity contribution in [3.63, 3.8) is 0 Å². The fourth-order valence-corrected chi connectivity index (χ4v) is 2.49. The van der Waals surface area contributed by atoms with Crippen LogP contribution in [0.25, 0.3) is 0 Å². The van der Waals surface area contributed by atoms with E-state index in [2.05, 4.69) is 5.32 Å². The zero-order valence-corrected chi connectivity index (χ0v) is 9.69. The predicted molar refractivity (Wildman–Crippen MR) is 65.3 cm³/mol. The summed E-state index contributed by atoms with van der Waals surface area (Å²) in [4.78, 5) is 13.8. The topological polar surface area (TPSA) is 41.6 Å². The lowest BCUT2D eigenvalue weighted by Gasteiger charge is -2.31. The molecule has 3 rings (SSSR count). The van der Waals surface area contributed by atoms with Gasteiger partial charge in [-0.05, 0) is 31.5 Å². The molecular weight excluding hydrogens is 216 g/mol. The van der Waals surface area contributed by atoms with Crippen molar-refractivity contribution in [2.75, 3.05) is 24.6 Å². The molecule has 1 aromatic rings. The number of carbonyl (C=O) groups excluding carboxylic acids is 1. The molecule has 0 saturated carbocycles. The van der Waals surface area contributed by atoms with Crippen LogP contribution in [0, 0.1) is 0 Å². The Morgan fingerprint density at radius 3 is 3.12 bits per heavy atom. The average molecular weight is 232 g/mol. The summed E-state index contributed by atoms with van der Waals surface area (Å²) < 4.78 is 5.42. The Kier molecular flexibility index (Phi) is 2.73. The van der Waals surface area contributed by atoms with E-state index in [1.807, 2.05) is 29.2 Å². The fourth-order valence-electron chi connectivity index (χ4n) is 2.49. The molecule has 0 aliphatic carbocycles. The van der Waals surface area contributed by atoms with Crippen LogP contribution in [0.2, 0.25) is 0 Å². The van der Waals surface area contributed by atoms with Gasteiger partial charge < -0.3 is 15.0 Å². The summed E-state index contributed by atoms with van der Waals surface area (Å²) in [6.07, 6.45) is 2.34. The van der Waals surface area contributed by atoms with Gasteiger partial charge in [-0.15, -0.1) is 0 Å². The zero-order chi connectivity index (χ0) is 11.7. The van der Waals surface area contributed by atoms with Crippen LogP contribution in [0.5, 0.6) is 5.75 Å². The molecule has 0 radical (unpaired) electrons. The second kappa shape index (κ2) is 4.37. The second-order valence-electron chi connectivity index (χ2n) is 4.55. The number of hydrogen-bond donors (Lipinski definition) is 1. The first kappa shape index (κ1) is 10.6. The number of para-hydroxylation sites is 2. The monoisotopic (exact) mass is 232 g/mol. The summed E-state index contributed by atoms with van der Waals surface area (Å²) in [6.45, 7) is 1.97. The van der Waals surface area contributed by atoms with E-state index in [1.165, 1.54) is 6.42 Å². The number of fused-ring (bicyclic) bond motifs is 1. The highest BCUT2D eigenvalue weighted by Crippen LogP contribution is 2.31. The van der Waals surface area contributed by atoms with Gasteiger partial charge in [0.2, 0.25) is 0 Å². The van der Waals surface area contributed by atoms with Crippen molar-refractivity contribution in [1.82, 2.24) is 5.32 Å². The number of anilines is 1. The van der Waals surface area contributed by atoms with Crippen LogP contribution >= 0.6 is 0 Å². The van der Waals surface area contributed by atoms with Crippen molar-refractivity contribution < 1.29 is 9.53 Å². The third-order valence-corrected chi connectivity index (χ3v) is 3.37. The van der Waals surface area contributed by atoms with Crippen LogP contribution < -0.4 is 15.0 Å². The molecule has 1 amide bonds. The number of carbonyl (C=O) groups is 1. The molecular formula is C13H16N2O2. The number of benzene rings is 1. The molecule has 1 fully saturated rings. The van der Waals surface area contributed by atoms with Gasteiger partial charge in [0.1, 0.15) is 5.75 Å². The minimum atomic E-state index is 0.0531. The quantitative estimate of drug-likeness (QED) is 0.832. The minimum Gasteiger partial charge on any atom is -0.482 e. The largest absolute Gasteiger partial charge is 0.482 e. The Morgan fingerprint density at radius 2 is 2.29 bits per heavy atom. The highest BCUT2D eigenvalue weighted by molar-refractivity contribution is 5.97. The highest BCUT2D eigenvalue weighted by Gasteiger charge is 2.28. The van der Waals surface area contributed by atoms with Crippen LogP contribution in [0.1, 0.15) is 12.8 Å². The van der Waals surface area contributed by atoms with Crippen LogP contribution in [0.3, 0.4) is 0 Å². The van der Waals surface area contributed by atoms with Gasteiger partial charge in [-0.3, -0.25) is 4.79 Å². The summed E-state index contributed by atoms with van der Waals surface area (Å²) in [6, 6.07) is 8.15. The molecule has 2 heterocycles. The average Bonchev–Trinajstić information content (AvgIpc) is 2.86. The van der Waals surface area contributed by atoms with Gasteiger partial charge in [0.15, 0.2) is 6.61 Å². The molecule has 4 heteroatoms. The third kappa shape index (κ3) is 2.00. The van der Waals surface area contributed by atoms with Crippen molar-refractivity contribution in [1.29, 1.82) is 0 Å². The van der Waals surface area contributed by atoms with Crippen molar-refractivity contribution in [2.45, 2.75) is 18.9 Å². The zero-order valence-electron chi connectivity index (χ0n) is 9.69. The van der Waals surface area contributed by atoms with Gasteiger partial charge in [-0.25, -0.2) is 0 Å². The van der Waals surface area contributed by atoms with Gasteiger partial charge >= 0.3 is 0 Å². The van der Waals surface area contributed by atoms with E-state index in [0.717, 1.165) is 30.9 Å². The fraction of sp³-hybridized carbons (Fsp3) is 0.462. The van der Waals surface area contributed by atoms with Gasteiger partial charge in [0.05, 0.1) is 5.69 Å². The molecule has 90 valence electrons. The Bertz CT molecular complexity index is 427. The number of ether oxygens (including phenoxy) is 1. The maximum absolute atomic E-state index is 11.9. The van der Waals surface area contributed by atoms with Crippen molar-refractivity contribution in [3.8, 4) is 5.75 Å². The van der Waals surface area contributed by atoms with Crippen LogP contribution in [0.15, 0.2) is 24.3 Å². The first-order chi connectivity index (χ1) is 8.34. The summed E-state index contributed by atoms with van der Waals surface area (Å²) in [5.41, 5.74) is 0.900. The predicted octanol–water partition coefficient (Wildman–Crippen LogP) is 1.16. The van der Waals surface area contributed by atoms with Gasteiger partial charge in [-0.2, -0.15) is 0 Å². The maximum atomic E-state index is 11.9. The van der Waals surface area contributed by atoms with Gasteiger partial charge in [0.25, 0.3) is 5.91 Å². The third-order valence-electron chi connectivity index (χ3n) is 3.37. The first-order valence-corrected chi connectivity index (χ1v) is 6.10. The molecule has 17 heavy (non-hydrogen) atoms. The smallest absolute Gasteiger partial charge is 0.265 e. The van der Waals surface area contributed by atoms with E-state index in [-0.39, 0.29) is 12.5 Å². The summed E-state index contributed by atoms with van der Waals surface area (Å²) in [5, 5.41) is 3.42. The number of nitrogens with zero attached hydrogens (tertiary/aromatic N) is 1. The number of amides is 1. The SMILES string of the molecule is O=C1COc2ccccc2N1CC1CCCN1. The summed E-state index contributed by atoms with van der Waals surface area (Å²) in [7, 11) is 0. The molecule has 0 aromatic heterocycles. The molecule has 2 aliphatic heterocycles. The van der Waals surface area contributed by atoms with Gasteiger partial charge in [0, 0.05) is 12.6 Å². The standard InChI is InChI=1S/C13H16N2O2/c16-13-9-17-12-6-2-1-5-11(12)15(13)8-10-4-3-7-14-10/h1-2,5-6,10,14H,3-4,7-9H2. The number of nitrogens with one attached hydrogen (secondary N) is 1. The Morgan fingerprint density at radius 1 is 1.41 bits per heavy atom. The first-order valence-electron chi connectivity index (χ1n) is 6.10. The molecule has 0 spiro atoms. The summed E-state index contributed by atoms with van der Waals surface area (Å²) in [5.74, 6) is 0.863. The molecule has 1 N–H and O–H groups in total. The Hall–Kier alpha value is -1.55. The molecule has 1 atom stereocenters. The summed E-state index contributed by atoms with van der Waals surface area (Å²) >= 11 is 0. The number of rotatable bonds is 2. The molecule has 1 aromatic carbocycles. The molecule has 1 saturated heterocycles. The van der Waals surface area contributed by atoms with Crippen molar-refractivity contribution >= 4 is 11.6 Å². The van der Waals surface area contributed by atoms with E-state index in [1.54, 1.807) is 0 Å². The van der Waals surface area contributed by atoms with E-state index in [0.29, 0.717) is 6.04 Å². The molecule has 2 aliphatic rings. The van der Waals surface area contributed by atoms with Crippen molar-refractivity contribution in [2.24, 2.45) is 0 Å². The second-order valence-corrected chi connectivity index (χ2v) is 4.55. The molecule has 0 bridgehead atoms. The lowest BCUT2D eigenvalue weighted by atomic mass is 10.1. The number of hydrogen-bond acceptors (Lipinski definition) is 3. The maximum Gasteiger partial charge on any atom is 0.265 e. The Labute approximate surface area is 101 Å². The molecule has 4 nitrogen and oxygen atoms in total. The normalized spacial score (nSPS) is 23.4. The van der Waals surface area contributed by atoms with Gasteiger partial charge in [-0.1, -0.05) is 12.1 Å². The lowest BCUT2D eigenvalue weighted by Crippen LogP contribution is -2.45. The van der Waals surface area contributed by atoms with Crippen molar-refractivity contribution in [3.05, 3.63) is 24.3 Å². The Balaban J connectivity index is 1.84. The van der Waals surface area contributed by atoms with Crippen LogP contribution in [-0.2, 0) is 4.79 Å². The van der Waals surface area contributed by atoms with Crippen LogP contribution in [-0.4, -0.2) is 31.6 Å². The van der Waals surface area contributed by atoms with E-state index in [4.69, 9.17) is 4.74 Å². The lowest BCUT2D eigenvalue weighted by molar-refractivity contribution is -0.121. The minimum absolute atomic E-state index is 0.0531. The van der Waals surface area contributed by atoms with E-state index < -0.39 is 0 Å². The highest BCUT2D eigenvalue weighted by atomic mass is 16.5. The van der Waals surface area contributed by atoms with E-state index in [9.17, 15) is 4.79 Å². The van der Waals surface area contributed by atoms with Crippen LogP contribution in [0.4, 0.5) is 5.69 Å². The molecule has 1 unspecified atom stereocenters. The van der Waals surface area contributed by atoms with E-state index >= 15 is 0 Å².